The number of halogens is 3. The number of hydrogen-bond acceptors (Lipinski definition) is 4. The van der Waals surface area contributed by atoms with Crippen LogP contribution in [-0.2, 0) is 13.6 Å². The summed E-state index contributed by atoms with van der Waals surface area (Å²) >= 11 is 0. The van der Waals surface area contributed by atoms with E-state index < -0.39 is 18.0 Å². The molecule has 140 valence electrons. The summed E-state index contributed by atoms with van der Waals surface area (Å²) in [5.41, 5.74) is 2.43. The van der Waals surface area contributed by atoms with Gasteiger partial charge in [-0.3, -0.25) is 14.5 Å². The number of aromatic nitrogens is 3. The standard InChI is InChI=1S/C18H15F3N4O2/c1-25-11-14(10-24-25)16-6-5-12(8-22-16)9-23-17(26)13-3-2-4-15(7-13)27-18(19,20)21/h2-8,10-11H,9H2,1H3,(H,23,26). The van der Waals surface area contributed by atoms with Gasteiger partial charge in [-0.05, 0) is 29.8 Å². The van der Waals surface area contributed by atoms with E-state index in [9.17, 15) is 18.0 Å². The molecule has 1 amide bonds. The molecule has 0 atom stereocenters. The highest BCUT2D eigenvalue weighted by atomic mass is 19.4. The highest BCUT2D eigenvalue weighted by Crippen LogP contribution is 2.23. The van der Waals surface area contributed by atoms with E-state index in [4.69, 9.17) is 0 Å². The fourth-order valence-electron chi connectivity index (χ4n) is 2.37. The van der Waals surface area contributed by atoms with Crippen molar-refractivity contribution in [1.82, 2.24) is 20.1 Å². The Labute approximate surface area is 152 Å². The molecule has 0 fully saturated rings. The number of rotatable bonds is 5. The molecule has 0 spiro atoms. The second-order valence-corrected chi connectivity index (χ2v) is 5.71. The average molecular weight is 376 g/mol. The minimum atomic E-state index is -4.81. The molecule has 3 aromatic rings. The molecular weight excluding hydrogens is 361 g/mol. The van der Waals surface area contributed by atoms with Gasteiger partial charge in [0.15, 0.2) is 0 Å². The number of amides is 1. The van der Waals surface area contributed by atoms with Gasteiger partial charge in [0.25, 0.3) is 5.91 Å². The van der Waals surface area contributed by atoms with Crippen molar-refractivity contribution in [3.05, 3.63) is 66.1 Å². The van der Waals surface area contributed by atoms with E-state index in [1.54, 1.807) is 29.2 Å². The Morgan fingerprint density at radius 2 is 2.04 bits per heavy atom. The van der Waals surface area contributed by atoms with E-state index in [2.05, 4.69) is 20.1 Å². The third-order valence-corrected chi connectivity index (χ3v) is 3.61. The van der Waals surface area contributed by atoms with Crippen LogP contribution in [0.5, 0.6) is 5.75 Å². The predicted octanol–water partition coefficient (Wildman–Crippen LogP) is 3.31. The van der Waals surface area contributed by atoms with Gasteiger partial charge in [-0.2, -0.15) is 5.10 Å². The molecule has 0 saturated carbocycles. The topological polar surface area (TPSA) is 69.0 Å². The van der Waals surface area contributed by atoms with Crippen LogP contribution in [0.15, 0.2) is 55.0 Å². The summed E-state index contributed by atoms with van der Waals surface area (Å²) in [6, 6.07) is 8.50. The SMILES string of the molecule is Cn1cc(-c2ccc(CNC(=O)c3cccc(OC(F)(F)F)c3)cn2)cn1. The van der Waals surface area contributed by atoms with Crippen molar-refractivity contribution >= 4 is 5.91 Å². The Balaban J connectivity index is 1.61. The normalized spacial score (nSPS) is 11.3. The fraction of sp³-hybridized carbons (Fsp3) is 0.167. The summed E-state index contributed by atoms with van der Waals surface area (Å²) < 4.78 is 42.3. The number of aryl methyl sites for hydroxylation is 1. The van der Waals surface area contributed by atoms with Gasteiger partial charge in [0.05, 0.1) is 11.9 Å². The van der Waals surface area contributed by atoms with Crippen LogP contribution in [0.3, 0.4) is 0 Å². The second kappa shape index (κ2) is 7.48. The Hall–Kier alpha value is -3.36. The van der Waals surface area contributed by atoms with Crippen LogP contribution in [0.25, 0.3) is 11.3 Å². The molecule has 0 radical (unpaired) electrons. The van der Waals surface area contributed by atoms with E-state index in [0.29, 0.717) is 0 Å². The third-order valence-electron chi connectivity index (χ3n) is 3.61. The van der Waals surface area contributed by atoms with Crippen molar-refractivity contribution < 1.29 is 22.7 Å². The van der Waals surface area contributed by atoms with Gasteiger partial charge in [0.2, 0.25) is 0 Å². The first kappa shape index (κ1) is 18.4. The van der Waals surface area contributed by atoms with E-state index >= 15 is 0 Å². The summed E-state index contributed by atoms with van der Waals surface area (Å²) in [4.78, 5) is 16.5. The number of nitrogens with zero attached hydrogens (tertiary/aromatic N) is 3. The molecule has 0 unspecified atom stereocenters. The molecule has 2 aromatic heterocycles. The van der Waals surface area contributed by atoms with Crippen molar-refractivity contribution in [1.29, 1.82) is 0 Å². The van der Waals surface area contributed by atoms with Gasteiger partial charge < -0.3 is 10.1 Å². The Kier molecular flexibility index (Phi) is 5.11. The Morgan fingerprint density at radius 1 is 1.22 bits per heavy atom. The maximum atomic E-state index is 12.3. The molecule has 6 nitrogen and oxygen atoms in total. The Morgan fingerprint density at radius 3 is 2.67 bits per heavy atom. The minimum absolute atomic E-state index is 0.0664. The molecule has 9 heteroatoms. The van der Waals surface area contributed by atoms with E-state index in [-0.39, 0.29) is 12.1 Å². The monoisotopic (exact) mass is 376 g/mol. The summed E-state index contributed by atoms with van der Waals surface area (Å²) in [5, 5.41) is 6.71. The van der Waals surface area contributed by atoms with Crippen LogP contribution < -0.4 is 10.1 Å². The molecule has 1 N–H and O–H groups in total. The van der Waals surface area contributed by atoms with Crippen molar-refractivity contribution in [3.8, 4) is 17.0 Å². The van der Waals surface area contributed by atoms with Crippen molar-refractivity contribution in [3.63, 3.8) is 0 Å². The molecular formula is C18H15F3N4O2. The van der Waals surface area contributed by atoms with E-state index in [0.717, 1.165) is 29.0 Å². The maximum Gasteiger partial charge on any atom is 0.573 e. The van der Waals surface area contributed by atoms with Crippen LogP contribution in [0.1, 0.15) is 15.9 Å². The highest BCUT2D eigenvalue weighted by Gasteiger charge is 2.31. The van der Waals surface area contributed by atoms with Crippen molar-refractivity contribution in [2.45, 2.75) is 12.9 Å². The largest absolute Gasteiger partial charge is 0.573 e. The van der Waals surface area contributed by atoms with Crippen LogP contribution >= 0.6 is 0 Å². The minimum Gasteiger partial charge on any atom is -0.406 e. The molecule has 0 aliphatic heterocycles. The van der Waals surface area contributed by atoms with Crippen LogP contribution in [-0.4, -0.2) is 27.0 Å². The van der Waals surface area contributed by atoms with Gasteiger partial charge in [0, 0.05) is 37.1 Å². The number of benzene rings is 1. The molecule has 0 saturated heterocycles. The van der Waals surface area contributed by atoms with Gasteiger partial charge in [0.1, 0.15) is 5.75 Å². The highest BCUT2D eigenvalue weighted by molar-refractivity contribution is 5.94. The van der Waals surface area contributed by atoms with Crippen LogP contribution in [0.2, 0.25) is 0 Å². The molecule has 2 heterocycles. The van der Waals surface area contributed by atoms with E-state index in [1.807, 2.05) is 13.2 Å². The molecule has 0 aliphatic rings. The first-order valence-electron chi connectivity index (χ1n) is 7.88. The van der Waals surface area contributed by atoms with Crippen LogP contribution in [0.4, 0.5) is 13.2 Å². The fourth-order valence-corrected chi connectivity index (χ4v) is 2.37. The average Bonchev–Trinajstić information content (AvgIpc) is 3.05. The molecule has 0 bridgehead atoms. The lowest BCUT2D eigenvalue weighted by atomic mass is 10.2. The number of pyridine rings is 1. The number of carbonyl (C=O) groups excluding carboxylic acids is 1. The first-order chi connectivity index (χ1) is 12.8. The smallest absolute Gasteiger partial charge is 0.406 e. The zero-order valence-electron chi connectivity index (χ0n) is 14.2. The number of hydrogen-bond donors (Lipinski definition) is 1. The summed E-state index contributed by atoms with van der Waals surface area (Å²) in [6.45, 7) is 0.184. The zero-order chi connectivity index (χ0) is 19.4. The molecule has 3 rings (SSSR count). The van der Waals surface area contributed by atoms with Gasteiger partial charge in [-0.25, -0.2) is 0 Å². The Bertz CT molecular complexity index is 936. The van der Waals surface area contributed by atoms with Crippen molar-refractivity contribution in [2.75, 3.05) is 0 Å². The second-order valence-electron chi connectivity index (χ2n) is 5.71. The van der Waals surface area contributed by atoms with E-state index in [1.165, 1.54) is 12.1 Å². The lowest BCUT2D eigenvalue weighted by molar-refractivity contribution is -0.274. The summed E-state index contributed by atoms with van der Waals surface area (Å²) in [7, 11) is 1.81. The third kappa shape index (κ3) is 5.06. The summed E-state index contributed by atoms with van der Waals surface area (Å²) in [5.74, 6) is -0.961. The number of ether oxygens (including phenoxy) is 1. The molecule has 0 aliphatic carbocycles. The zero-order valence-corrected chi connectivity index (χ0v) is 14.2. The lowest BCUT2D eigenvalue weighted by Crippen LogP contribution is -2.23. The van der Waals surface area contributed by atoms with Gasteiger partial charge >= 0.3 is 6.36 Å². The van der Waals surface area contributed by atoms with Crippen molar-refractivity contribution in [2.24, 2.45) is 7.05 Å². The summed E-state index contributed by atoms with van der Waals surface area (Å²) in [6.07, 6.45) is 0.335. The lowest BCUT2D eigenvalue weighted by Gasteiger charge is -2.10. The number of alkyl halides is 3. The predicted molar refractivity (Wildman–Crippen MR) is 90.7 cm³/mol. The first-order valence-corrected chi connectivity index (χ1v) is 7.88. The quantitative estimate of drug-likeness (QED) is 0.742. The number of carbonyl (C=O) groups is 1. The molecule has 1 aromatic carbocycles. The maximum absolute atomic E-state index is 12.3. The van der Waals surface area contributed by atoms with Crippen LogP contribution in [0, 0.1) is 0 Å². The molecule has 27 heavy (non-hydrogen) atoms. The van der Waals surface area contributed by atoms with Gasteiger partial charge in [-0.1, -0.05) is 12.1 Å². The number of nitrogens with one attached hydrogen (secondary N) is 1. The van der Waals surface area contributed by atoms with Gasteiger partial charge in [-0.15, -0.1) is 13.2 Å².